The average Bonchev–Trinajstić information content (AvgIpc) is 3.01. The number of piperazine rings is 1. The van der Waals surface area contributed by atoms with Crippen LogP contribution in [0.4, 0.5) is 0 Å². The number of rotatable bonds is 7. The lowest BCUT2D eigenvalue weighted by Gasteiger charge is -2.34. The minimum absolute atomic E-state index is 0.115. The second-order valence-electron chi connectivity index (χ2n) is 7.22. The van der Waals surface area contributed by atoms with Gasteiger partial charge in [-0.2, -0.15) is 0 Å². The number of nitrogens with zero attached hydrogens (tertiary/aromatic N) is 3. The molecule has 1 N–H and O–H groups in total. The summed E-state index contributed by atoms with van der Waals surface area (Å²) in [5, 5.41) is 6.47. The lowest BCUT2D eigenvalue weighted by Crippen LogP contribution is -2.50. The molecular weight excluding hydrogens is 324 g/mol. The maximum Gasteiger partial charge on any atom is 0.236 e. The molecule has 1 aromatic rings. The van der Waals surface area contributed by atoms with Gasteiger partial charge >= 0.3 is 0 Å². The monoisotopic (exact) mass is 354 g/mol. The predicted octanol–water partition coefficient (Wildman–Crippen LogP) is 1.32. The summed E-state index contributed by atoms with van der Waals surface area (Å²) < 4.78 is 4.96. The highest BCUT2D eigenvalue weighted by molar-refractivity contribution is 7.09. The Morgan fingerprint density at radius 3 is 2.62 bits per heavy atom. The van der Waals surface area contributed by atoms with Crippen LogP contribution in [-0.4, -0.2) is 73.7 Å². The molecule has 7 heteroatoms. The third-order valence-corrected chi connectivity index (χ3v) is 5.38. The Hall–Kier alpha value is -1.02. The number of methoxy groups -OCH3 is 1. The van der Waals surface area contributed by atoms with Crippen LogP contribution < -0.4 is 5.32 Å². The second kappa shape index (κ2) is 8.89. The van der Waals surface area contributed by atoms with Gasteiger partial charge in [0.05, 0.1) is 23.9 Å². The molecule has 1 aliphatic heterocycles. The summed E-state index contributed by atoms with van der Waals surface area (Å²) >= 11 is 1.74. The molecule has 0 atom stereocenters. The van der Waals surface area contributed by atoms with Gasteiger partial charge in [0.25, 0.3) is 0 Å². The van der Waals surface area contributed by atoms with Crippen LogP contribution in [0.15, 0.2) is 5.38 Å². The average molecular weight is 355 g/mol. The van der Waals surface area contributed by atoms with Crippen LogP contribution >= 0.6 is 11.3 Å². The molecule has 136 valence electrons. The van der Waals surface area contributed by atoms with Gasteiger partial charge < -0.3 is 15.0 Å². The molecule has 0 bridgehead atoms. The standard InChI is InChI=1S/C17H30N4O2S/c1-17(2,3)16-19-14(13-24-16)12-20-6-8-21(9-7-20)15(22)11-18-5-10-23-4/h13,18H,5-12H2,1-4H3. The van der Waals surface area contributed by atoms with Gasteiger partial charge in [-0.3, -0.25) is 9.69 Å². The maximum absolute atomic E-state index is 12.1. The van der Waals surface area contributed by atoms with E-state index in [0.29, 0.717) is 19.7 Å². The van der Waals surface area contributed by atoms with E-state index >= 15 is 0 Å². The summed E-state index contributed by atoms with van der Waals surface area (Å²) in [4.78, 5) is 21.2. The van der Waals surface area contributed by atoms with Crippen molar-refractivity contribution in [2.45, 2.75) is 32.7 Å². The van der Waals surface area contributed by atoms with Crippen molar-refractivity contribution < 1.29 is 9.53 Å². The number of hydrogen-bond acceptors (Lipinski definition) is 6. The van der Waals surface area contributed by atoms with E-state index in [-0.39, 0.29) is 11.3 Å². The number of amides is 1. The van der Waals surface area contributed by atoms with Gasteiger partial charge in [-0.25, -0.2) is 4.98 Å². The molecule has 1 fully saturated rings. The molecule has 0 unspecified atom stereocenters. The quantitative estimate of drug-likeness (QED) is 0.749. The third-order valence-electron chi connectivity index (χ3n) is 4.06. The Kier molecular flexibility index (Phi) is 7.16. The number of carbonyl (C=O) groups excluding carboxylic acids is 1. The fourth-order valence-electron chi connectivity index (χ4n) is 2.59. The number of thiazole rings is 1. The van der Waals surface area contributed by atoms with E-state index in [9.17, 15) is 4.79 Å². The molecule has 24 heavy (non-hydrogen) atoms. The lowest BCUT2D eigenvalue weighted by molar-refractivity contribution is -0.132. The topological polar surface area (TPSA) is 57.7 Å². The molecule has 0 aromatic carbocycles. The van der Waals surface area contributed by atoms with E-state index in [1.807, 2.05) is 4.90 Å². The van der Waals surface area contributed by atoms with Crippen molar-refractivity contribution in [1.82, 2.24) is 20.1 Å². The highest BCUT2D eigenvalue weighted by Gasteiger charge is 2.22. The Morgan fingerprint density at radius 1 is 1.33 bits per heavy atom. The normalized spacial score (nSPS) is 16.6. The Morgan fingerprint density at radius 2 is 2.04 bits per heavy atom. The van der Waals surface area contributed by atoms with Gasteiger partial charge in [-0.15, -0.1) is 11.3 Å². The van der Waals surface area contributed by atoms with Crippen molar-refractivity contribution in [3.05, 3.63) is 16.1 Å². The summed E-state index contributed by atoms with van der Waals surface area (Å²) in [6, 6.07) is 0. The van der Waals surface area contributed by atoms with E-state index in [1.165, 1.54) is 5.01 Å². The Labute approximate surface area is 149 Å². The molecule has 1 amide bonds. The highest BCUT2D eigenvalue weighted by atomic mass is 32.1. The zero-order chi connectivity index (χ0) is 17.6. The van der Waals surface area contributed by atoms with Crippen LogP contribution in [0.1, 0.15) is 31.5 Å². The van der Waals surface area contributed by atoms with Crippen molar-refractivity contribution >= 4 is 17.2 Å². The molecular formula is C17H30N4O2S. The first-order valence-corrected chi connectivity index (χ1v) is 9.43. The molecule has 2 heterocycles. The van der Waals surface area contributed by atoms with E-state index in [2.05, 4.69) is 36.4 Å². The van der Waals surface area contributed by atoms with Gasteiger partial charge in [-0.1, -0.05) is 20.8 Å². The van der Waals surface area contributed by atoms with Gasteiger partial charge in [-0.05, 0) is 0 Å². The number of hydrogen-bond donors (Lipinski definition) is 1. The number of carbonyl (C=O) groups is 1. The van der Waals surface area contributed by atoms with Crippen LogP contribution in [0.5, 0.6) is 0 Å². The summed E-state index contributed by atoms with van der Waals surface area (Å²) in [6.07, 6.45) is 0. The third kappa shape index (κ3) is 5.81. The van der Waals surface area contributed by atoms with Crippen LogP contribution in [0.25, 0.3) is 0 Å². The van der Waals surface area contributed by atoms with Gasteiger partial charge in [0.2, 0.25) is 5.91 Å². The van der Waals surface area contributed by atoms with Gasteiger partial charge in [0.1, 0.15) is 0 Å². The first-order valence-electron chi connectivity index (χ1n) is 8.55. The Bertz CT molecular complexity index is 519. The van der Waals surface area contributed by atoms with Crippen molar-refractivity contribution in [3.8, 4) is 0 Å². The molecule has 6 nitrogen and oxygen atoms in total. The molecule has 1 aromatic heterocycles. The van der Waals surface area contributed by atoms with Crippen molar-refractivity contribution in [3.63, 3.8) is 0 Å². The summed E-state index contributed by atoms with van der Waals surface area (Å²) in [6.45, 7) is 12.6. The lowest BCUT2D eigenvalue weighted by atomic mass is 9.98. The molecule has 0 radical (unpaired) electrons. The highest BCUT2D eigenvalue weighted by Crippen LogP contribution is 2.26. The second-order valence-corrected chi connectivity index (χ2v) is 8.08. The summed E-state index contributed by atoms with van der Waals surface area (Å²) in [7, 11) is 1.66. The first-order chi connectivity index (χ1) is 11.4. The summed E-state index contributed by atoms with van der Waals surface area (Å²) in [5.74, 6) is 0.175. The van der Waals surface area contributed by atoms with Crippen LogP contribution in [-0.2, 0) is 21.5 Å². The van der Waals surface area contributed by atoms with Gasteiger partial charge in [0, 0.05) is 57.2 Å². The fraction of sp³-hybridized carbons (Fsp3) is 0.765. The van der Waals surface area contributed by atoms with Crippen molar-refractivity contribution in [2.75, 3.05) is 53.0 Å². The minimum Gasteiger partial charge on any atom is -0.383 e. The zero-order valence-corrected chi connectivity index (χ0v) is 16.1. The van der Waals surface area contributed by atoms with E-state index in [1.54, 1.807) is 18.4 Å². The first kappa shape index (κ1) is 19.3. The van der Waals surface area contributed by atoms with E-state index in [4.69, 9.17) is 9.72 Å². The molecule has 0 spiro atoms. The molecule has 0 saturated carbocycles. The van der Waals surface area contributed by atoms with Crippen LogP contribution in [0.3, 0.4) is 0 Å². The maximum atomic E-state index is 12.1. The Balaban J connectivity index is 1.72. The number of nitrogens with one attached hydrogen (secondary N) is 1. The fourth-order valence-corrected chi connectivity index (χ4v) is 3.49. The predicted molar refractivity (Wildman–Crippen MR) is 97.4 cm³/mol. The number of ether oxygens (including phenoxy) is 1. The zero-order valence-electron chi connectivity index (χ0n) is 15.3. The van der Waals surface area contributed by atoms with E-state index < -0.39 is 0 Å². The molecule has 2 rings (SSSR count). The van der Waals surface area contributed by atoms with Crippen molar-refractivity contribution in [2.24, 2.45) is 0 Å². The molecule has 1 saturated heterocycles. The minimum atomic E-state index is 0.115. The number of aromatic nitrogens is 1. The molecule has 0 aliphatic carbocycles. The SMILES string of the molecule is COCCNCC(=O)N1CCN(Cc2csc(C(C)(C)C)n2)CC1. The largest absolute Gasteiger partial charge is 0.383 e. The van der Waals surface area contributed by atoms with E-state index in [0.717, 1.165) is 38.4 Å². The van der Waals surface area contributed by atoms with Crippen LogP contribution in [0.2, 0.25) is 0 Å². The van der Waals surface area contributed by atoms with Crippen LogP contribution in [0, 0.1) is 0 Å². The summed E-state index contributed by atoms with van der Waals surface area (Å²) in [5.41, 5.74) is 1.26. The van der Waals surface area contributed by atoms with Crippen molar-refractivity contribution in [1.29, 1.82) is 0 Å². The smallest absolute Gasteiger partial charge is 0.236 e. The molecule has 1 aliphatic rings. The van der Waals surface area contributed by atoms with Gasteiger partial charge in [0.15, 0.2) is 0 Å².